The molecule has 0 saturated heterocycles. The highest BCUT2D eigenvalue weighted by atomic mass is 16.6. The summed E-state index contributed by atoms with van der Waals surface area (Å²) in [5, 5.41) is 2.33. The Morgan fingerprint density at radius 2 is 1.69 bits per heavy atom. The molecule has 3 aromatic rings. The number of carbonyl (C=O) groups is 1. The third kappa shape index (κ3) is 3.33. The lowest BCUT2D eigenvalue weighted by Crippen LogP contribution is -2.33. The molecule has 26 heavy (non-hydrogen) atoms. The number of rotatable bonds is 3. The zero-order chi connectivity index (χ0) is 17.8. The van der Waals surface area contributed by atoms with Crippen molar-refractivity contribution in [2.45, 2.75) is 19.4 Å². The fourth-order valence-corrected chi connectivity index (χ4v) is 3.41. The summed E-state index contributed by atoms with van der Waals surface area (Å²) < 4.78 is 5.58. The number of hydrogen-bond donors (Lipinski definition) is 0. The van der Waals surface area contributed by atoms with E-state index in [2.05, 4.69) is 30.3 Å². The van der Waals surface area contributed by atoms with Crippen molar-refractivity contribution in [2.24, 2.45) is 0 Å². The molecule has 1 heterocycles. The topological polar surface area (TPSA) is 29.5 Å². The average Bonchev–Trinajstić information content (AvgIpc) is 2.72. The fourth-order valence-electron chi connectivity index (χ4n) is 3.41. The maximum absolute atomic E-state index is 12.8. The normalized spacial score (nSPS) is 14.2. The Morgan fingerprint density at radius 1 is 0.923 bits per heavy atom. The fraction of sp³-hybridized carbons (Fsp3) is 0.174. The second kappa shape index (κ2) is 7.44. The smallest absolute Gasteiger partial charge is 0.414 e. The van der Waals surface area contributed by atoms with Crippen LogP contribution in [0.2, 0.25) is 0 Å². The molecule has 0 atom stereocenters. The first-order valence-electron chi connectivity index (χ1n) is 8.99. The van der Waals surface area contributed by atoms with Crippen LogP contribution >= 0.6 is 0 Å². The molecule has 3 aromatic carbocycles. The maximum Gasteiger partial charge on any atom is 0.414 e. The average molecular weight is 343 g/mol. The summed E-state index contributed by atoms with van der Waals surface area (Å²) in [7, 11) is 0. The van der Waals surface area contributed by atoms with Gasteiger partial charge in [-0.3, -0.25) is 4.90 Å². The van der Waals surface area contributed by atoms with Crippen molar-refractivity contribution in [1.29, 1.82) is 0 Å². The Hall–Kier alpha value is -3.07. The summed E-state index contributed by atoms with van der Waals surface area (Å²) in [5.74, 6) is 0. The highest BCUT2D eigenvalue weighted by Crippen LogP contribution is 2.31. The molecule has 3 nitrogen and oxygen atoms in total. The lowest BCUT2D eigenvalue weighted by atomic mass is 9.99. The molecule has 0 spiro atoms. The van der Waals surface area contributed by atoms with Gasteiger partial charge in [0.15, 0.2) is 0 Å². The van der Waals surface area contributed by atoms with Crippen LogP contribution in [0.1, 0.15) is 24.0 Å². The predicted octanol–water partition coefficient (Wildman–Crippen LogP) is 5.61. The molecule has 1 aliphatic rings. The summed E-state index contributed by atoms with van der Waals surface area (Å²) in [6, 6.07) is 24.3. The summed E-state index contributed by atoms with van der Waals surface area (Å²) in [4.78, 5) is 14.5. The number of benzene rings is 3. The lowest BCUT2D eigenvalue weighted by molar-refractivity contribution is 0.112. The van der Waals surface area contributed by atoms with Gasteiger partial charge in [0.2, 0.25) is 0 Å². The number of allylic oxidation sites excluding steroid dienone is 1. The summed E-state index contributed by atoms with van der Waals surface area (Å²) >= 11 is 0. The first-order valence-corrected chi connectivity index (χ1v) is 8.99. The van der Waals surface area contributed by atoms with Gasteiger partial charge in [0.25, 0.3) is 0 Å². The second-order valence-electron chi connectivity index (χ2n) is 6.45. The van der Waals surface area contributed by atoms with E-state index in [1.807, 2.05) is 48.5 Å². The molecule has 0 aliphatic carbocycles. The molecule has 0 radical (unpaired) electrons. The van der Waals surface area contributed by atoms with E-state index in [0.29, 0.717) is 13.2 Å². The van der Waals surface area contributed by atoms with E-state index in [1.165, 1.54) is 5.39 Å². The molecular weight excluding hydrogens is 322 g/mol. The van der Waals surface area contributed by atoms with Gasteiger partial charge < -0.3 is 4.74 Å². The van der Waals surface area contributed by atoms with Crippen molar-refractivity contribution in [3.8, 4) is 0 Å². The van der Waals surface area contributed by atoms with Gasteiger partial charge in [-0.2, -0.15) is 0 Å². The molecule has 0 saturated carbocycles. The van der Waals surface area contributed by atoms with Crippen LogP contribution in [0.4, 0.5) is 4.79 Å². The third-order valence-electron chi connectivity index (χ3n) is 4.71. The molecule has 0 bridgehead atoms. The number of amides is 1. The van der Waals surface area contributed by atoms with Crippen LogP contribution in [0.15, 0.2) is 78.9 Å². The van der Waals surface area contributed by atoms with E-state index in [0.717, 1.165) is 35.1 Å². The zero-order valence-corrected chi connectivity index (χ0v) is 14.6. The molecule has 0 aromatic heterocycles. The maximum atomic E-state index is 12.8. The quantitative estimate of drug-likeness (QED) is 0.618. The van der Waals surface area contributed by atoms with Gasteiger partial charge in [-0.15, -0.1) is 0 Å². The summed E-state index contributed by atoms with van der Waals surface area (Å²) in [6.45, 7) is 0.974. The van der Waals surface area contributed by atoms with E-state index in [1.54, 1.807) is 4.90 Å². The third-order valence-corrected chi connectivity index (χ3v) is 4.71. The van der Waals surface area contributed by atoms with E-state index < -0.39 is 0 Å². The van der Waals surface area contributed by atoms with Crippen molar-refractivity contribution in [3.63, 3.8) is 0 Å². The van der Waals surface area contributed by atoms with Crippen LogP contribution in [0.3, 0.4) is 0 Å². The molecular formula is C23H21NO2. The van der Waals surface area contributed by atoms with Crippen molar-refractivity contribution in [3.05, 3.63) is 90.0 Å². The molecule has 4 rings (SSSR count). The minimum atomic E-state index is -0.285. The Bertz CT molecular complexity index is 941. The SMILES string of the molecule is O=C(OCc1ccccc1)N1CCCC=C1c1cccc2ccccc12. The van der Waals surface area contributed by atoms with Gasteiger partial charge in [-0.1, -0.05) is 78.9 Å². The van der Waals surface area contributed by atoms with Crippen molar-refractivity contribution in [2.75, 3.05) is 6.54 Å². The van der Waals surface area contributed by atoms with Gasteiger partial charge in [0.1, 0.15) is 6.61 Å². The Balaban J connectivity index is 1.60. The van der Waals surface area contributed by atoms with Crippen LogP contribution in [0.25, 0.3) is 16.5 Å². The van der Waals surface area contributed by atoms with Crippen LogP contribution in [-0.2, 0) is 11.3 Å². The second-order valence-corrected chi connectivity index (χ2v) is 6.45. The van der Waals surface area contributed by atoms with E-state index in [4.69, 9.17) is 4.74 Å². The number of hydrogen-bond acceptors (Lipinski definition) is 2. The Kier molecular flexibility index (Phi) is 4.69. The van der Waals surface area contributed by atoms with Gasteiger partial charge >= 0.3 is 6.09 Å². The molecule has 0 unspecified atom stereocenters. The van der Waals surface area contributed by atoms with Gasteiger partial charge in [0.05, 0.1) is 5.70 Å². The number of carbonyl (C=O) groups excluding carboxylic acids is 1. The van der Waals surface area contributed by atoms with Crippen LogP contribution in [0, 0.1) is 0 Å². The largest absolute Gasteiger partial charge is 0.444 e. The monoisotopic (exact) mass is 343 g/mol. The van der Waals surface area contributed by atoms with E-state index in [9.17, 15) is 4.79 Å². The van der Waals surface area contributed by atoms with Crippen molar-refractivity contribution >= 4 is 22.6 Å². The first kappa shape index (κ1) is 16.4. The summed E-state index contributed by atoms with van der Waals surface area (Å²) in [6.07, 6.45) is 3.79. The number of nitrogens with zero attached hydrogens (tertiary/aromatic N) is 1. The Morgan fingerprint density at radius 3 is 2.58 bits per heavy atom. The summed E-state index contributed by atoms with van der Waals surface area (Å²) in [5.41, 5.74) is 3.03. The van der Waals surface area contributed by atoms with Gasteiger partial charge in [-0.25, -0.2) is 4.79 Å². The first-order chi connectivity index (χ1) is 12.8. The van der Waals surface area contributed by atoms with Gasteiger partial charge in [-0.05, 0) is 29.2 Å². The Labute approximate surface area is 153 Å². The lowest BCUT2D eigenvalue weighted by Gasteiger charge is -2.29. The highest BCUT2D eigenvalue weighted by Gasteiger charge is 2.24. The predicted molar refractivity (Wildman–Crippen MR) is 104 cm³/mol. The molecule has 3 heteroatoms. The van der Waals surface area contributed by atoms with E-state index in [-0.39, 0.29) is 6.09 Å². The molecule has 1 aliphatic heterocycles. The molecule has 0 fully saturated rings. The van der Waals surface area contributed by atoms with Crippen molar-refractivity contribution in [1.82, 2.24) is 4.90 Å². The van der Waals surface area contributed by atoms with Crippen LogP contribution in [0.5, 0.6) is 0 Å². The van der Waals surface area contributed by atoms with Crippen LogP contribution < -0.4 is 0 Å². The molecule has 0 N–H and O–H groups in total. The van der Waals surface area contributed by atoms with E-state index >= 15 is 0 Å². The standard InChI is InChI=1S/C23H21NO2/c25-23(26-17-18-9-2-1-3-10-18)24-16-7-6-15-22(24)21-14-8-12-19-11-4-5-13-20(19)21/h1-5,8-15H,6-7,16-17H2. The minimum Gasteiger partial charge on any atom is -0.444 e. The zero-order valence-electron chi connectivity index (χ0n) is 14.6. The molecule has 1 amide bonds. The molecule has 130 valence electrons. The number of ether oxygens (including phenoxy) is 1. The minimum absolute atomic E-state index is 0.285. The van der Waals surface area contributed by atoms with Crippen molar-refractivity contribution < 1.29 is 9.53 Å². The van der Waals surface area contributed by atoms with Gasteiger partial charge in [0, 0.05) is 12.1 Å². The number of fused-ring (bicyclic) bond motifs is 1. The highest BCUT2D eigenvalue weighted by molar-refractivity contribution is 5.96. The van der Waals surface area contributed by atoms with Crippen LogP contribution in [-0.4, -0.2) is 17.5 Å².